The summed E-state index contributed by atoms with van der Waals surface area (Å²) in [6, 6.07) is 24.1. The van der Waals surface area contributed by atoms with E-state index in [1.807, 2.05) is 0 Å². The van der Waals surface area contributed by atoms with Crippen molar-refractivity contribution < 1.29 is 38.1 Å². The monoisotopic (exact) mass is 619 g/mol. The number of esters is 3. The van der Waals surface area contributed by atoms with E-state index in [0.29, 0.717) is 0 Å². The van der Waals surface area contributed by atoms with Crippen molar-refractivity contribution in [2.75, 3.05) is 0 Å². The van der Waals surface area contributed by atoms with Crippen molar-refractivity contribution in [3.8, 4) is 0 Å². The molecule has 1 aliphatic heterocycles. The Morgan fingerprint density at radius 1 is 0.634 bits per heavy atom. The van der Waals surface area contributed by atoms with E-state index in [1.54, 1.807) is 66.7 Å². The van der Waals surface area contributed by atoms with Gasteiger partial charge >= 0.3 is 17.9 Å². The minimum Gasteiger partial charge on any atom is -0.452 e. The molecule has 0 aliphatic carbocycles. The number of rotatable bonds is 7. The van der Waals surface area contributed by atoms with Crippen LogP contribution in [0, 0.1) is 5.41 Å². The molecular formula is C29H24Cl3NO8. The molecule has 41 heavy (non-hydrogen) atoms. The molecule has 1 saturated heterocycles. The number of carbonyl (C=O) groups is 3. The van der Waals surface area contributed by atoms with Crippen LogP contribution in [0.2, 0.25) is 0 Å². The molecule has 0 saturated carbocycles. The molecule has 3 aromatic carbocycles. The zero-order valence-electron chi connectivity index (χ0n) is 21.4. The van der Waals surface area contributed by atoms with Gasteiger partial charge in [0.1, 0.15) is 0 Å². The van der Waals surface area contributed by atoms with Crippen molar-refractivity contribution in [2.24, 2.45) is 0 Å². The highest BCUT2D eigenvalue weighted by Gasteiger charge is 2.53. The zero-order chi connectivity index (χ0) is 29.6. The van der Waals surface area contributed by atoms with Crippen molar-refractivity contribution in [3.63, 3.8) is 0 Å². The number of carbonyl (C=O) groups excluding carboxylic acids is 3. The van der Waals surface area contributed by atoms with Gasteiger partial charge in [-0.3, -0.25) is 5.41 Å². The Bertz CT molecular complexity index is 1370. The van der Waals surface area contributed by atoms with E-state index in [4.69, 9.17) is 63.9 Å². The van der Waals surface area contributed by atoms with Crippen molar-refractivity contribution in [3.05, 3.63) is 108 Å². The van der Waals surface area contributed by atoms with Crippen LogP contribution in [0.4, 0.5) is 0 Å². The van der Waals surface area contributed by atoms with E-state index in [0.717, 1.165) is 0 Å². The van der Waals surface area contributed by atoms with Gasteiger partial charge in [-0.2, -0.15) is 0 Å². The van der Waals surface area contributed by atoms with Crippen LogP contribution in [0.3, 0.4) is 0 Å². The van der Waals surface area contributed by atoms with Gasteiger partial charge in [-0.1, -0.05) is 89.4 Å². The molecule has 214 valence electrons. The normalized spacial score (nSPS) is 22.2. The maximum absolute atomic E-state index is 13.2. The summed E-state index contributed by atoms with van der Waals surface area (Å²) in [6.45, 7) is 1.52. The quantitative estimate of drug-likeness (QED) is 0.116. The molecule has 0 spiro atoms. The minimum atomic E-state index is -2.28. The molecule has 0 radical (unpaired) electrons. The number of benzene rings is 3. The standard InChI is InChI=1S/C29H24Cl3NO8/c1-17-21(38-24(34)18-11-5-2-6-12-18)22(39-25(35)19-13-7-3-8-14-19)23(27(37-17)41-28(33)29(30,31)32)40-26(36)20-15-9-4-10-16-20/h2-17,21-23,27,33H,1H3. The molecule has 12 heteroatoms. The van der Waals surface area contributed by atoms with Crippen LogP contribution >= 0.6 is 34.8 Å². The Morgan fingerprint density at radius 2 is 1.00 bits per heavy atom. The van der Waals surface area contributed by atoms with Gasteiger partial charge in [0.25, 0.3) is 3.79 Å². The molecule has 4 rings (SSSR count). The lowest BCUT2D eigenvalue weighted by Gasteiger charge is -2.43. The highest BCUT2D eigenvalue weighted by atomic mass is 35.6. The first kappa shape index (κ1) is 30.3. The molecule has 1 heterocycles. The Hall–Kier alpha value is -3.63. The van der Waals surface area contributed by atoms with Crippen molar-refractivity contribution in [1.29, 1.82) is 5.41 Å². The third kappa shape index (κ3) is 7.77. The molecule has 1 aliphatic rings. The lowest BCUT2D eigenvalue weighted by atomic mass is 9.98. The van der Waals surface area contributed by atoms with E-state index >= 15 is 0 Å². The highest BCUT2D eigenvalue weighted by molar-refractivity contribution is 6.76. The van der Waals surface area contributed by atoms with Gasteiger partial charge in [0, 0.05) is 0 Å². The predicted octanol–water partition coefficient (Wildman–Crippen LogP) is 5.77. The molecule has 3 aromatic rings. The third-order valence-electron chi connectivity index (χ3n) is 5.98. The van der Waals surface area contributed by atoms with Crippen molar-refractivity contribution in [2.45, 2.75) is 41.4 Å². The van der Waals surface area contributed by atoms with E-state index in [1.165, 1.54) is 31.2 Å². The molecule has 5 unspecified atom stereocenters. The fourth-order valence-corrected chi connectivity index (χ4v) is 4.10. The maximum Gasteiger partial charge on any atom is 0.338 e. The molecule has 0 aromatic heterocycles. The summed E-state index contributed by atoms with van der Waals surface area (Å²) in [7, 11) is 0. The van der Waals surface area contributed by atoms with Gasteiger partial charge in [-0.25, -0.2) is 14.4 Å². The average Bonchev–Trinajstić information content (AvgIpc) is 2.97. The van der Waals surface area contributed by atoms with E-state index in [9.17, 15) is 14.4 Å². The van der Waals surface area contributed by atoms with Gasteiger partial charge < -0.3 is 23.7 Å². The number of alkyl halides is 3. The van der Waals surface area contributed by atoms with Gasteiger partial charge in [0.05, 0.1) is 22.8 Å². The summed E-state index contributed by atoms with van der Waals surface area (Å²) >= 11 is 17.5. The maximum atomic E-state index is 13.2. The fraction of sp³-hybridized carbons (Fsp3) is 0.241. The number of hydrogen-bond acceptors (Lipinski definition) is 9. The second-order valence-corrected chi connectivity index (χ2v) is 11.1. The first-order valence-electron chi connectivity index (χ1n) is 12.3. The van der Waals surface area contributed by atoms with Gasteiger partial charge in [-0.05, 0) is 43.3 Å². The molecule has 0 bridgehead atoms. The predicted molar refractivity (Wildman–Crippen MR) is 150 cm³/mol. The Kier molecular flexibility index (Phi) is 9.88. The van der Waals surface area contributed by atoms with Gasteiger partial charge in [0.15, 0.2) is 12.2 Å². The molecule has 0 amide bonds. The summed E-state index contributed by atoms with van der Waals surface area (Å²) in [6.07, 6.45) is -6.93. The molecule has 1 fully saturated rings. The average molecular weight is 621 g/mol. The number of hydrogen-bond donors (Lipinski definition) is 1. The smallest absolute Gasteiger partial charge is 0.338 e. The number of ether oxygens (including phenoxy) is 5. The Labute approximate surface area is 250 Å². The largest absolute Gasteiger partial charge is 0.452 e. The summed E-state index contributed by atoms with van der Waals surface area (Å²) in [5, 5.41) is 8.06. The first-order valence-corrected chi connectivity index (χ1v) is 13.4. The van der Waals surface area contributed by atoms with Crippen LogP contribution in [-0.2, 0) is 23.7 Å². The molecule has 5 atom stereocenters. The zero-order valence-corrected chi connectivity index (χ0v) is 23.7. The lowest BCUT2D eigenvalue weighted by Crippen LogP contribution is -2.62. The minimum absolute atomic E-state index is 0.160. The highest BCUT2D eigenvalue weighted by Crippen LogP contribution is 2.34. The Morgan fingerprint density at radius 3 is 1.39 bits per heavy atom. The lowest BCUT2D eigenvalue weighted by molar-refractivity contribution is -0.270. The Balaban J connectivity index is 1.73. The summed E-state index contributed by atoms with van der Waals surface area (Å²) in [4.78, 5) is 39.4. The number of halogens is 3. The topological polar surface area (TPSA) is 121 Å². The van der Waals surface area contributed by atoms with Gasteiger partial charge in [0.2, 0.25) is 18.3 Å². The molecular weight excluding hydrogens is 597 g/mol. The van der Waals surface area contributed by atoms with E-state index < -0.39 is 58.3 Å². The first-order chi connectivity index (χ1) is 19.5. The van der Waals surface area contributed by atoms with Gasteiger partial charge in [-0.15, -0.1) is 0 Å². The SMILES string of the molecule is CC1OC(OC(=N)C(Cl)(Cl)Cl)C(OC(=O)c2ccccc2)C(OC(=O)c2ccccc2)C1OC(=O)c1ccccc1. The fourth-order valence-electron chi connectivity index (χ4n) is 3.97. The molecule has 9 nitrogen and oxygen atoms in total. The number of nitrogens with one attached hydrogen (secondary N) is 1. The van der Waals surface area contributed by atoms with Crippen LogP contribution in [0.15, 0.2) is 91.0 Å². The van der Waals surface area contributed by atoms with Crippen LogP contribution in [-0.4, -0.2) is 58.3 Å². The third-order valence-corrected chi connectivity index (χ3v) is 6.49. The molecule has 1 N–H and O–H groups in total. The van der Waals surface area contributed by atoms with Crippen LogP contribution < -0.4 is 0 Å². The summed E-state index contributed by atoms with van der Waals surface area (Å²) in [5.41, 5.74) is 0.564. The second-order valence-electron chi connectivity index (χ2n) is 8.86. The van der Waals surface area contributed by atoms with Crippen LogP contribution in [0.25, 0.3) is 0 Å². The van der Waals surface area contributed by atoms with E-state index in [-0.39, 0.29) is 16.7 Å². The van der Waals surface area contributed by atoms with E-state index in [2.05, 4.69) is 0 Å². The van der Waals surface area contributed by atoms with Crippen molar-refractivity contribution in [1.82, 2.24) is 0 Å². The van der Waals surface area contributed by atoms with Crippen LogP contribution in [0.1, 0.15) is 38.0 Å². The summed E-state index contributed by atoms with van der Waals surface area (Å²) < 4.78 is 26.4. The van der Waals surface area contributed by atoms with Crippen molar-refractivity contribution >= 4 is 58.6 Å². The second kappa shape index (κ2) is 13.4. The van der Waals surface area contributed by atoms with Crippen LogP contribution in [0.5, 0.6) is 0 Å². The summed E-state index contributed by atoms with van der Waals surface area (Å²) in [5.74, 6) is -3.22.